The number of nitrogens with one attached hydrogen (secondary N) is 2. The maximum atomic E-state index is 13.4. The monoisotopic (exact) mass is 434 g/mol. The molecule has 0 bridgehead atoms. The Balaban J connectivity index is 1.69. The number of amides is 2. The molecule has 1 aliphatic rings. The third kappa shape index (κ3) is 3.52. The highest BCUT2D eigenvalue weighted by atomic mass is 35.5. The number of rotatable bonds is 3. The highest BCUT2D eigenvalue weighted by molar-refractivity contribution is 6.30. The summed E-state index contributed by atoms with van der Waals surface area (Å²) in [6.45, 7) is 1.74. The fourth-order valence-electron chi connectivity index (χ4n) is 3.28. The van der Waals surface area contributed by atoms with Crippen LogP contribution in [-0.4, -0.2) is 21.6 Å². The molecule has 2 aromatic carbocycles. The molecule has 1 aliphatic heterocycles. The number of anilines is 2. The Morgan fingerprint density at radius 3 is 2.47 bits per heavy atom. The van der Waals surface area contributed by atoms with E-state index in [9.17, 15) is 22.8 Å². The Bertz CT molecular complexity index is 1150. The quantitative estimate of drug-likeness (QED) is 0.598. The topological polar surface area (TPSA) is 76.0 Å². The number of benzene rings is 2. The van der Waals surface area contributed by atoms with E-state index in [0.717, 1.165) is 5.56 Å². The molecule has 0 saturated carbocycles. The zero-order valence-electron chi connectivity index (χ0n) is 15.5. The van der Waals surface area contributed by atoms with Gasteiger partial charge in [-0.2, -0.15) is 5.10 Å². The second-order valence-corrected chi connectivity index (χ2v) is 7.22. The molecule has 2 amide bonds. The minimum Gasteiger partial charge on any atom is -0.324 e. The first-order valence-electron chi connectivity index (χ1n) is 8.85. The van der Waals surface area contributed by atoms with Crippen molar-refractivity contribution in [1.29, 1.82) is 0 Å². The normalized spacial score (nSPS) is 15.5. The Labute approximate surface area is 173 Å². The van der Waals surface area contributed by atoms with Gasteiger partial charge in [-0.15, -0.1) is 0 Å². The first kappa shape index (κ1) is 20.0. The minimum atomic E-state index is -1.64. The van der Waals surface area contributed by atoms with Crippen LogP contribution in [-0.2, 0) is 9.59 Å². The van der Waals surface area contributed by atoms with E-state index < -0.39 is 35.3 Å². The molecule has 10 heteroatoms. The van der Waals surface area contributed by atoms with Gasteiger partial charge in [0.2, 0.25) is 11.8 Å². The van der Waals surface area contributed by atoms with Crippen LogP contribution in [0.15, 0.2) is 36.4 Å². The van der Waals surface area contributed by atoms with E-state index in [4.69, 9.17) is 11.6 Å². The van der Waals surface area contributed by atoms with Crippen LogP contribution < -0.4 is 10.6 Å². The highest BCUT2D eigenvalue weighted by Gasteiger charge is 2.34. The molecule has 1 atom stereocenters. The van der Waals surface area contributed by atoms with E-state index in [1.807, 2.05) is 0 Å². The van der Waals surface area contributed by atoms with Crippen molar-refractivity contribution in [2.24, 2.45) is 0 Å². The molecular formula is C20H14ClF3N4O2. The zero-order chi connectivity index (χ0) is 21.6. The molecule has 2 N–H and O–H groups in total. The summed E-state index contributed by atoms with van der Waals surface area (Å²) in [4.78, 5) is 24.9. The van der Waals surface area contributed by atoms with E-state index in [-0.39, 0.29) is 12.1 Å². The molecule has 0 radical (unpaired) electrons. The van der Waals surface area contributed by atoms with Crippen LogP contribution in [0.4, 0.5) is 24.7 Å². The molecule has 1 aromatic heterocycles. The van der Waals surface area contributed by atoms with Crippen molar-refractivity contribution >= 4 is 34.9 Å². The number of halogens is 4. The van der Waals surface area contributed by atoms with Crippen molar-refractivity contribution < 1.29 is 22.8 Å². The lowest BCUT2D eigenvalue weighted by molar-refractivity contribution is -0.125. The summed E-state index contributed by atoms with van der Waals surface area (Å²) >= 11 is 5.92. The van der Waals surface area contributed by atoms with E-state index >= 15 is 0 Å². The Morgan fingerprint density at radius 1 is 1.20 bits per heavy atom. The number of hydrogen-bond donors (Lipinski definition) is 2. The molecule has 30 heavy (non-hydrogen) atoms. The van der Waals surface area contributed by atoms with Crippen LogP contribution >= 0.6 is 11.6 Å². The van der Waals surface area contributed by atoms with Crippen molar-refractivity contribution in [3.05, 3.63) is 64.4 Å². The summed E-state index contributed by atoms with van der Waals surface area (Å²) in [5, 5.41) is 10.0. The molecule has 4 rings (SSSR count). The number of hydrogen-bond acceptors (Lipinski definition) is 3. The van der Waals surface area contributed by atoms with Crippen molar-refractivity contribution in [2.75, 3.05) is 10.6 Å². The van der Waals surface area contributed by atoms with Gasteiger partial charge in [0.1, 0.15) is 11.9 Å². The van der Waals surface area contributed by atoms with Crippen molar-refractivity contribution in [3.8, 4) is 11.3 Å². The molecule has 3 aromatic rings. The zero-order valence-corrected chi connectivity index (χ0v) is 16.2. The fraction of sp³-hybridized carbons (Fsp3) is 0.150. The Morgan fingerprint density at radius 2 is 1.83 bits per heavy atom. The second-order valence-electron chi connectivity index (χ2n) is 6.78. The minimum absolute atomic E-state index is 0.230. The molecule has 0 aliphatic carbocycles. The summed E-state index contributed by atoms with van der Waals surface area (Å²) < 4.78 is 41.4. The summed E-state index contributed by atoms with van der Waals surface area (Å²) in [6.07, 6.45) is -0.230. The van der Waals surface area contributed by atoms with E-state index in [1.54, 1.807) is 31.2 Å². The summed E-state index contributed by atoms with van der Waals surface area (Å²) in [6, 6.07) is 7.14. The van der Waals surface area contributed by atoms with Gasteiger partial charge in [0.15, 0.2) is 17.5 Å². The van der Waals surface area contributed by atoms with Crippen molar-refractivity contribution in [2.45, 2.75) is 19.4 Å². The third-order valence-electron chi connectivity index (χ3n) is 4.75. The van der Waals surface area contributed by atoms with Crippen molar-refractivity contribution in [3.63, 3.8) is 0 Å². The first-order valence-corrected chi connectivity index (χ1v) is 9.22. The van der Waals surface area contributed by atoms with Gasteiger partial charge in [-0.1, -0.05) is 23.7 Å². The van der Waals surface area contributed by atoms with Crippen LogP contribution in [0, 0.1) is 24.4 Å². The Kier molecular flexibility index (Phi) is 4.98. The van der Waals surface area contributed by atoms with Crippen LogP contribution in [0.25, 0.3) is 11.3 Å². The number of carbonyl (C=O) groups is 2. The van der Waals surface area contributed by atoms with Gasteiger partial charge >= 0.3 is 0 Å². The lowest BCUT2D eigenvalue weighted by Gasteiger charge is -2.24. The maximum absolute atomic E-state index is 13.4. The van der Waals surface area contributed by atoms with Crippen LogP contribution in [0.2, 0.25) is 5.02 Å². The largest absolute Gasteiger partial charge is 0.324 e. The van der Waals surface area contributed by atoms with Gasteiger partial charge < -0.3 is 10.6 Å². The lowest BCUT2D eigenvalue weighted by atomic mass is 10.1. The molecular weight excluding hydrogens is 421 g/mol. The molecule has 1 unspecified atom stereocenters. The standard InChI is InChI=1S/C20H14ClF3N4O2/c1-9-18(10-2-4-11(21)5-3-10)27-28-15(8-16(29)26-19(9)28)20(30)25-12-6-13(22)17(24)14(23)7-12/h2-7,15H,8H2,1H3,(H,25,30)(H,26,29). The SMILES string of the molecule is Cc1c(-c2ccc(Cl)cc2)nn2c1NC(=O)CC2C(=O)Nc1cc(F)c(F)c(F)c1. The van der Waals surface area contributed by atoms with E-state index in [1.165, 1.54) is 4.68 Å². The second kappa shape index (κ2) is 7.49. The fourth-order valence-corrected chi connectivity index (χ4v) is 3.40. The van der Waals surface area contributed by atoms with E-state index in [0.29, 0.717) is 34.2 Å². The molecule has 6 nitrogen and oxygen atoms in total. The lowest BCUT2D eigenvalue weighted by Crippen LogP contribution is -2.36. The number of fused-ring (bicyclic) bond motifs is 1. The Hall–Kier alpha value is -3.33. The molecule has 154 valence electrons. The molecule has 0 fully saturated rings. The van der Waals surface area contributed by atoms with Gasteiger partial charge in [0, 0.05) is 34.0 Å². The van der Waals surface area contributed by atoms with Gasteiger partial charge in [-0.25, -0.2) is 17.9 Å². The molecule has 0 saturated heterocycles. The van der Waals surface area contributed by atoms with E-state index in [2.05, 4.69) is 15.7 Å². The predicted octanol–water partition coefficient (Wildman–Crippen LogP) is 4.45. The first-order chi connectivity index (χ1) is 14.2. The number of aromatic nitrogens is 2. The molecule has 0 spiro atoms. The molecule has 2 heterocycles. The van der Waals surface area contributed by atoms with Gasteiger partial charge in [0.25, 0.3) is 0 Å². The maximum Gasteiger partial charge on any atom is 0.249 e. The van der Waals surface area contributed by atoms with Crippen LogP contribution in [0.5, 0.6) is 0 Å². The average Bonchev–Trinajstić information content (AvgIpc) is 3.02. The van der Waals surface area contributed by atoms with Gasteiger partial charge in [-0.05, 0) is 19.1 Å². The smallest absolute Gasteiger partial charge is 0.249 e. The van der Waals surface area contributed by atoms with Crippen molar-refractivity contribution in [1.82, 2.24) is 9.78 Å². The predicted molar refractivity (Wildman–Crippen MR) is 105 cm³/mol. The highest BCUT2D eigenvalue weighted by Crippen LogP contribution is 2.35. The van der Waals surface area contributed by atoms with Gasteiger partial charge in [-0.3, -0.25) is 9.59 Å². The summed E-state index contributed by atoms with van der Waals surface area (Å²) in [5.74, 6) is -5.30. The summed E-state index contributed by atoms with van der Waals surface area (Å²) in [5.41, 5.74) is 1.64. The van der Waals surface area contributed by atoms with Crippen LogP contribution in [0.1, 0.15) is 18.0 Å². The third-order valence-corrected chi connectivity index (χ3v) is 5.00. The van der Waals surface area contributed by atoms with Gasteiger partial charge in [0.05, 0.1) is 12.1 Å². The summed E-state index contributed by atoms with van der Waals surface area (Å²) in [7, 11) is 0. The number of carbonyl (C=O) groups excluding carboxylic acids is 2. The average molecular weight is 435 g/mol. The number of nitrogens with zero attached hydrogens (tertiary/aromatic N) is 2. The van der Waals surface area contributed by atoms with Crippen LogP contribution in [0.3, 0.4) is 0 Å².